The van der Waals surface area contributed by atoms with Crippen molar-refractivity contribution in [2.24, 2.45) is 5.92 Å². The molecule has 0 radical (unpaired) electrons. The quantitative estimate of drug-likeness (QED) is 0.836. The highest BCUT2D eigenvalue weighted by Crippen LogP contribution is 2.22. The number of aliphatic carboxylic acids is 1. The van der Waals surface area contributed by atoms with Crippen molar-refractivity contribution in [3.63, 3.8) is 0 Å². The van der Waals surface area contributed by atoms with E-state index >= 15 is 0 Å². The zero-order valence-corrected chi connectivity index (χ0v) is 14.0. The molecule has 0 unspecified atom stereocenters. The maximum Gasteiger partial charge on any atom is 0.303 e. The van der Waals surface area contributed by atoms with Gasteiger partial charge in [-0.15, -0.1) is 0 Å². The Morgan fingerprint density at radius 2 is 1.88 bits per heavy atom. The zero-order valence-electron chi connectivity index (χ0n) is 14.0. The minimum Gasteiger partial charge on any atom is -0.481 e. The van der Waals surface area contributed by atoms with Crippen molar-refractivity contribution in [3.8, 4) is 0 Å². The van der Waals surface area contributed by atoms with Crippen LogP contribution in [0.5, 0.6) is 0 Å². The first-order valence-electron chi connectivity index (χ1n) is 8.40. The van der Waals surface area contributed by atoms with E-state index < -0.39 is 5.97 Å². The molecule has 1 saturated heterocycles. The van der Waals surface area contributed by atoms with Crippen molar-refractivity contribution in [2.75, 3.05) is 19.6 Å². The Kier molecular flexibility index (Phi) is 6.35. The average molecular weight is 332 g/mol. The molecule has 1 fully saturated rings. The predicted octanol–water partition coefficient (Wildman–Crippen LogP) is 2.15. The number of nitrogens with one attached hydrogen (secondary N) is 1. The Balaban J connectivity index is 1.98. The molecule has 0 saturated carbocycles. The van der Waals surface area contributed by atoms with Gasteiger partial charge in [0.2, 0.25) is 0 Å². The molecule has 1 aliphatic rings. The summed E-state index contributed by atoms with van der Waals surface area (Å²) >= 11 is 0. The van der Waals surface area contributed by atoms with Crippen LogP contribution in [0, 0.1) is 5.92 Å². The molecule has 1 heterocycles. The first-order chi connectivity index (χ1) is 11.5. The van der Waals surface area contributed by atoms with Gasteiger partial charge in [0.15, 0.2) is 0 Å². The van der Waals surface area contributed by atoms with E-state index in [0.717, 1.165) is 6.42 Å². The highest BCUT2D eigenvalue weighted by Gasteiger charge is 2.25. The molecule has 0 aliphatic carbocycles. The zero-order chi connectivity index (χ0) is 17.5. The van der Waals surface area contributed by atoms with Crippen LogP contribution in [0.15, 0.2) is 24.3 Å². The third-order valence-electron chi connectivity index (χ3n) is 4.27. The molecule has 1 aromatic rings. The van der Waals surface area contributed by atoms with Crippen LogP contribution < -0.4 is 5.32 Å². The van der Waals surface area contributed by atoms with Gasteiger partial charge in [-0.3, -0.25) is 14.4 Å². The lowest BCUT2D eigenvalue weighted by Gasteiger charge is -2.31. The van der Waals surface area contributed by atoms with Crippen LogP contribution in [-0.4, -0.2) is 47.4 Å². The number of carboxylic acids is 1. The second-order valence-electron chi connectivity index (χ2n) is 6.17. The first-order valence-corrected chi connectivity index (χ1v) is 8.40. The van der Waals surface area contributed by atoms with Crippen molar-refractivity contribution in [2.45, 2.75) is 32.6 Å². The van der Waals surface area contributed by atoms with Crippen LogP contribution in [0.1, 0.15) is 53.3 Å². The summed E-state index contributed by atoms with van der Waals surface area (Å²) in [5, 5.41) is 11.6. The van der Waals surface area contributed by atoms with E-state index in [0.29, 0.717) is 43.6 Å². The molecule has 6 heteroatoms. The second kappa shape index (κ2) is 8.47. The Morgan fingerprint density at radius 1 is 1.21 bits per heavy atom. The molecule has 0 atom stereocenters. The van der Waals surface area contributed by atoms with Crippen molar-refractivity contribution >= 4 is 17.8 Å². The maximum absolute atomic E-state index is 12.6. The number of piperidine rings is 1. The minimum atomic E-state index is -0.787. The number of carbonyl (C=O) groups excluding carboxylic acids is 2. The predicted molar refractivity (Wildman–Crippen MR) is 89.9 cm³/mol. The van der Waals surface area contributed by atoms with Crippen molar-refractivity contribution in [1.82, 2.24) is 10.2 Å². The fraction of sp³-hybridized carbons (Fsp3) is 0.500. The normalized spacial score (nSPS) is 15.1. The van der Waals surface area contributed by atoms with E-state index in [4.69, 9.17) is 5.11 Å². The summed E-state index contributed by atoms with van der Waals surface area (Å²) in [7, 11) is 0. The molecular formula is C18H24N2O4. The van der Waals surface area contributed by atoms with Gasteiger partial charge in [0, 0.05) is 37.2 Å². The number of hydrogen-bond donors (Lipinski definition) is 2. The molecule has 24 heavy (non-hydrogen) atoms. The number of benzene rings is 1. The standard InChI is InChI=1S/C18H24N2O4/c1-2-8-19-17(23)14-4-3-5-15(12-14)18(24)20-9-6-13(7-10-20)11-16(21)22/h3-5,12-13H,2,6-11H2,1H3,(H,19,23)(H,21,22). The maximum atomic E-state index is 12.6. The molecule has 0 bridgehead atoms. The molecule has 2 rings (SSSR count). The molecule has 0 spiro atoms. The van der Waals surface area contributed by atoms with Gasteiger partial charge >= 0.3 is 5.97 Å². The lowest BCUT2D eigenvalue weighted by atomic mass is 9.93. The van der Waals surface area contributed by atoms with Crippen LogP contribution in [-0.2, 0) is 4.79 Å². The smallest absolute Gasteiger partial charge is 0.303 e. The Bertz CT molecular complexity index is 607. The van der Waals surface area contributed by atoms with Crippen LogP contribution in [0.25, 0.3) is 0 Å². The van der Waals surface area contributed by atoms with Gasteiger partial charge in [-0.05, 0) is 43.4 Å². The van der Waals surface area contributed by atoms with Gasteiger partial charge in [-0.1, -0.05) is 13.0 Å². The summed E-state index contributed by atoms with van der Waals surface area (Å²) in [5.41, 5.74) is 0.978. The Labute approximate surface area is 141 Å². The number of hydrogen-bond acceptors (Lipinski definition) is 3. The number of amides is 2. The number of likely N-dealkylation sites (tertiary alicyclic amines) is 1. The average Bonchev–Trinajstić information content (AvgIpc) is 2.59. The van der Waals surface area contributed by atoms with E-state index in [9.17, 15) is 14.4 Å². The summed E-state index contributed by atoms with van der Waals surface area (Å²) in [6.45, 7) is 3.70. The first kappa shape index (κ1) is 18.0. The largest absolute Gasteiger partial charge is 0.481 e. The number of carboxylic acid groups (broad SMARTS) is 1. The van der Waals surface area contributed by atoms with Crippen molar-refractivity contribution in [3.05, 3.63) is 35.4 Å². The fourth-order valence-corrected chi connectivity index (χ4v) is 2.90. The Hall–Kier alpha value is -2.37. The molecule has 2 N–H and O–H groups in total. The number of carbonyl (C=O) groups is 3. The third kappa shape index (κ3) is 4.81. The van der Waals surface area contributed by atoms with Gasteiger partial charge in [0.1, 0.15) is 0 Å². The molecule has 2 amide bonds. The molecule has 0 aromatic heterocycles. The van der Waals surface area contributed by atoms with Gasteiger partial charge < -0.3 is 15.3 Å². The Morgan fingerprint density at radius 3 is 2.50 bits per heavy atom. The van der Waals surface area contributed by atoms with E-state index in [-0.39, 0.29) is 24.2 Å². The molecule has 1 aromatic carbocycles. The monoisotopic (exact) mass is 332 g/mol. The summed E-state index contributed by atoms with van der Waals surface area (Å²) in [6, 6.07) is 6.74. The van der Waals surface area contributed by atoms with Crippen LogP contribution in [0.3, 0.4) is 0 Å². The highest BCUT2D eigenvalue weighted by atomic mass is 16.4. The van der Waals surface area contributed by atoms with E-state index in [1.165, 1.54) is 0 Å². The molecule has 130 valence electrons. The summed E-state index contributed by atoms with van der Waals surface area (Å²) in [6.07, 6.45) is 2.42. The van der Waals surface area contributed by atoms with Gasteiger partial charge in [-0.25, -0.2) is 0 Å². The fourth-order valence-electron chi connectivity index (χ4n) is 2.90. The lowest BCUT2D eigenvalue weighted by molar-refractivity contribution is -0.138. The van der Waals surface area contributed by atoms with E-state index in [2.05, 4.69) is 5.32 Å². The number of nitrogens with zero attached hydrogens (tertiary/aromatic N) is 1. The minimum absolute atomic E-state index is 0.103. The summed E-state index contributed by atoms with van der Waals surface area (Å²) < 4.78 is 0. The summed E-state index contributed by atoms with van der Waals surface area (Å²) in [5.74, 6) is -0.927. The molecule has 1 aliphatic heterocycles. The van der Waals surface area contributed by atoms with Crippen LogP contribution >= 0.6 is 0 Å². The van der Waals surface area contributed by atoms with Crippen molar-refractivity contribution in [1.29, 1.82) is 0 Å². The van der Waals surface area contributed by atoms with Crippen LogP contribution in [0.2, 0.25) is 0 Å². The number of rotatable bonds is 6. The van der Waals surface area contributed by atoms with Gasteiger partial charge in [0.05, 0.1) is 0 Å². The summed E-state index contributed by atoms with van der Waals surface area (Å²) in [4.78, 5) is 37.1. The topological polar surface area (TPSA) is 86.7 Å². The second-order valence-corrected chi connectivity index (χ2v) is 6.17. The van der Waals surface area contributed by atoms with Crippen molar-refractivity contribution < 1.29 is 19.5 Å². The molecular weight excluding hydrogens is 308 g/mol. The highest BCUT2D eigenvalue weighted by molar-refractivity contribution is 5.99. The van der Waals surface area contributed by atoms with E-state index in [1.54, 1.807) is 29.2 Å². The van der Waals surface area contributed by atoms with Crippen LogP contribution in [0.4, 0.5) is 0 Å². The molecule has 6 nitrogen and oxygen atoms in total. The third-order valence-corrected chi connectivity index (χ3v) is 4.27. The van der Waals surface area contributed by atoms with Gasteiger partial charge in [0.25, 0.3) is 11.8 Å². The SMILES string of the molecule is CCCNC(=O)c1cccc(C(=O)N2CCC(CC(=O)O)CC2)c1. The van der Waals surface area contributed by atoms with E-state index in [1.807, 2.05) is 6.92 Å². The van der Waals surface area contributed by atoms with Gasteiger partial charge in [-0.2, -0.15) is 0 Å². The lowest BCUT2D eigenvalue weighted by Crippen LogP contribution is -2.39.